The Kier molecular flexibility index (Phi) is 5.90. The van der Waals surface area contributed by atoms with Gasteiger partial charge in [0.2, 0.25) is 5.91 Å². The molecule has 0 radical (unpaired) electrons. The van der Waals surface area contributed by atoms with E-state index in [4.69, 9.17) is 4.74 Å². The second kappa shape index (κ2) is 7.90. The lowest BCUT2D eigenvalue weighted by molar-refractivity contribution is -0.113. The van der Waals surface area contributed by atoms with Crippen molar-refractivity contribution in [2.75, 3.05) is 17.7 Å². The number of amides is 1. The van der Waals surface area contributed by atoms with Gasteiger partial charge < -0.3 is 10.1 Å². The molecular weight excluding hydrogens is 294 g/mol. The predicted octanol–water partition coefficient (Wildman–Crippen LogP) is 4.43. The van der Waals surface area contributed by atoms with Gasteiger partial charge in [-0.15, -0.1) is 11.8 Å². The summed E-state index contributed by atoms with van der Waals surface area (Å²) in [4.78, 5) is 13.1. The number of thioether (sulfide) groups is 1. The summed E-state index contributed by atoms with van der Waals surface area (Å²) in [7, 11) is 0. The first-order valence-corrected chi connectivity index (χ1v) is 8.30. The highest BCUT2D eigenvalue weighted by Gasteiger charge is 2.05. The van der Waals surface area contributed by atoms with E-state index in [9.17, 15) is 4.79 Å². The molecule has 0 unspecified atom stereocenters. The van der Waals surface area contributed by atoms with Crippen LogP contribution in [0.25, 0.3) is 0 Å². The second-order valence-electron chi connectivity index (χ2n) is 5.04. The van der Waals surface area contributed by atoms with Crippen LogP contribution in [0.3, 0.4) is 0 Å². The van der Waals surface area contributed by atoms with E-state index in [1.807, 2.05) is 31.2 Å². The molecule has 2 aromatic rings. The molecule has 0 heterocycles. The number of ether oxygens (including phenoxy) is 1. The van der Waals surface area contributed by atoms with Crippen LogP contribution >= 0.6 is 11.8 Å². The summed E-state index contributed by atoms with van der Waals surface area (Å²) in [5.74, 6) is 1.20. The van der Waals surface area contributed by atoms with Crippen molar-refractivity contribution in [2.24, 2.45) is 0 Å². The SMILES string of the molecule is CCOc1ccc(NC(=O)CSc2ccc(C)c(C)c2)cc1. The van der Waals surface area contributed by atoms with Crippen LogP contribution in [0.5, 0.6) is 5.75 Å². The molecule has 1 N–H and O–H groups in total. The van der Waals surface area contributed by atoms with E-state index in [0.29, 0.717) is 12.4 Å². The van der Waals surface area contributed by atoms with Crippen LogP contribution in [0.2, 0.25) is 0 Å². The fourth-order valence-electron chi connectivity index (χ4n) is 1.95. The van der Waals surface area contributed by atoms with Crippen LogP contribution in [0, 0.1) is 13.8 Å². The fraction of sp³-hybridized carbons (Fsp3) is 0.278. The van der Waals surface area contributed by atoms with E-state index >= 15 is 0 Å². The molecule has 0 aliphatic heterocycles. The summed E-state index contributed by atoms with van der Waals surface area (Å²) in [5, 5.41) is 2.89. The number of benzene rings is 2. The van der Waals surface area contributed by atoms with Gasteiger partial charge >= 0.3 is 0 Å². The maximum atomic E-state index is 12.0. The van der Waals surface area contributed by atoms with Crippen molar-refractivity contribution in [3.8, 4) is 5.75 Å². The lowest BCUT2D eigenvalue weighted by Crippen LogP contribution is -2.13. The van der Waals surface area contributed by atoms with Gasteiger partial charge in [-0.3, -0.25) is 4.79 Å². The van der Waals surface area contributed by atoms with Crippen LogP contribution in [0.1, 0.15) is 18.1 Å². The molecule has 0 bridgehead atoms. The lowest BCUT2D eigenvalue weighted by Gasteiger charge is -2.08. The maximum Gasteiger partial charge on any atom is 0.234 e. The van der Waals surface area contributed by atoms with Crippen LogP contribution < -0.4 is 10.1 Å². The quantitative estimate of drug-likeness (QED) is 0.801. The first kappa shape index (κ1) is 16.4. The highest BCUT2D eigenvalue weighted by Crippen LogP contribution is 2.21. The minimum atomic E-state index is -0.00705. The number of carbonyl (C=O) groups excluding carboxylic acids is 1. The smallest absolute Gasteiger partial charge is 0.234 e. The number of rotatable bonds is 6. The Labute approximate surface area is 136 Å². The summed E-state index contributed by atoms with van der Waals surface area (Å²) < 4.78 is 5.38. The zero-order valence-electron chi connectivity index (χ0n) is 13.2. The molecule has 0 saturated carbocycles. The van der Waals surface area contributed by atoms with Gasteiger partial charge in [0, 0.05) is 10.6 Å². The second-order valence-corrected chi connectivity index (χ2v) is 6.09. The third-order valence-corrected chi connectivity index (χ3v) is 4.29. The predicted molar refractivity (Wildman–Crippen MR) is 92.9 cm³/mol. The third kappa shape index (κ3) is 4.81. The average Bonchev–Trinajstić information content (AvgIpc) is 2.51. The standard InChI is InChI=1S/C18H21NO2S/c1-4-21-16-8-6-15(7-9-16)19-18(20)12-22-17-10-5-13(2)14(3)11-17/h5-11H,4,12H2,1-3H3,(H,19,20). The Bertz CT molecular complexity index is 638. The van der Waals surface area contributed by atoms with Crippen molar-refractivity contribution in [1.82, 2.24) is 0 Å². The number of nitrogens with one attached hydrogen (secondary N) is 1. The van der Waals surface area contributed by atoms with Gasteiger partial charge in [0.05, 0.1) is 12.4 Å². The molecule has 0 aliphatic carbocycles. The van der Waals surface area contributed by atoms with Gasteiger partial charge in [-0.05, 0) is 68.3 Å². The minimum Gasteiger partial charge on any atom is -0.494 e. The molecule has 4 heteroatoms. The summed E-state index contributed by atoms with van der Waals surface area (Å²) >= 11 is 1.55. The minimum absolute atomic E-state index is 0.00705. The number of hydrogen-bond donors (Lipinski definition) is 1. The Morgan fingerprint density at radius 1 is 1.09 bits per heavy atom. The summed E-state index contributed by atoms with van der Waals surface area (Å²) in [6, 6.07) is 13.7. The molecule has 0 aromatic heterocycles. The van der Waals surface area contributed by atoms with Crippen LogP contribution in [-0.4, -0.2) is 18.3 Å². The summed E-state index contributed by atoms with van der Waals surface area (Å²) in [6.45, 7) is 6.75. The van der Waals surface area contributed by atoms with Crippen molar-refractivity contribution >= 4 is 23.4 Å². The van der Waals surface area contributed by atoms with Gasteiger partial charge in [0.1, 0.15) is 5.75 Å². The van der Waals surface area contributed by atoms with Crippen molar-refractivity contribution in [3.63, 3.8) is 0 Å². The van der Waals surface area contributed by atoms with Crippen molar-refractivity contribution in [1.29, 1.82) is 0 Å². The largest absolute Gasteiger partial charge is 0.494 e. The topological polar surface area (TPSA) is 38.3 Å². The van der Waals surface area contributed by atoms with E-state index in [0.717, 1.165) is 16.3 Å². The van der Waals surface area contributed by atoms with E-state index < -0.39 is 0 Å². The molecule has 116 valence electrons. The summed E-state index contributed by atoms with van der Waals surface area (Å²) in [5.41, 5.74) is 3.30. The number of hydrogen-bond acceptors (Lipinski definition) is 3. The fourth-order valence-corrected chi connectivity index (χ4v) is 2.75. The molecule has 0 saturated heterocycles. The van der Waals surface area contributed by atoms with Crippen molar-refractivity contribution < 1.29 is 9.53 Å². The molecule has 22 heavy (non-hydrogen) atoms. The van der Waals surface area contributed by atoms with E-state index in [2.05, 4.69) is 37.4 Å². The Morgan fingerprint density at radius 3 is 2.45 bits per heavy atom. The first-order valence-electron chi connectivity index (χ1n) is 7.31. The van der Waals surface area contributed by atoms with Gasteiger partial charge in [0.15, 0.2) is 0 Å². The lowest BCUT2D eigenvalue weighted by atomic mass is 10.1. The molecule has 2 rings (SSSR count). The van der Waals surface area contributed by atoms with Gasteiger partial charge in [-0.25, -0.2) is 0 Å². The maximum absolute atomic E-state index is 12.0. The normalized spacial score (nSPS) is 10.3. The zero-order valence-corrected chi connectivity index (χ0v) is 14.0. The monoisotopic (exact) mass is 315 g/mol. The number of aryl methyl sites for hydroxylation is 2. The van der Waals surface area contributed by atoms with Crippen LogP contribution in [0.4, 0.5) is 5.69 Å². The molecule has 0 fully saturated rings. The molecule has 0 aliphatic rings. The number of carbonyl (C=O) groups is 1. The van der Waals surface area contributed by atoms with Crippen LogP contribution in [0.15, 0.2) is 47.4 Å². The highest BCUT2D eigenvalue weighted by atomic mass is 32.2. The molecule has 3 nitrogen and oxygen atoms in total. The molecular formula is C18H21NO2S. The third-order valence-electron chi connectivity index (χ3n) is 3.30. The van der Waals surface area contributed by atoms with Gasteiger partial charge in [0.25, 0.3) is 0 Å². The summed E-state index contributed by atoms with van der Waals surface area (Å²) in [6.07, 6.45) is 0. The Morgan fingerprint density at radius 2 is 1.82 bits per heavy atom. The highest BCUT2D eigenvalue weighted by molar-refractivity contribution is 8.00. The van der Waals surface area contributed by atoms with Gasteiger partial charge in [-0.1, -0.05) is 6.07 Å². The van der Waals surface area contributed by atoms with Crippen molar-refractivity contribution in [3.05, 3.63) is 53.6 Å². The average molecular weight is 315 g/mol. The Balaban J connectivity index is 1.85. The molecule has 0 spiro atoms. The molecule has 2 aromatic carbocycles. The van der Waals surface area contributed by atoms with E-state index in [-0.39, 0.29) is 5.91 Å². The van der Waals surface area contributed by atoms with Gasteiger partial charge in [-0.2, -0.15) is 0 Å². The molecule has 0 atom stereocenters. The molecule has 1 amide bonds. The van der Waals surface area contributed by atoms with Crippen molar-refractivity contribution in [2.45, 2.75) is 25.7 Å². The van der Waals surface area contributed by atoms with E-state index in [1.165, 1.54) is 11.1 Å². The Hall–Kier alpha value is -1.94. The zero-order chi connectivity index (χ0) is 15.9. The van der Waals surface area contributed by atoms with Crippen LogP contribution in [-0.2, 0) is 4.79 Å². The first-order chi connectivity index (χ1) is 10.6. The number of anilines is 1. The van der Waals surface area contributed by atoms with E-state index in [1.54, 1.807) is 11.8 Å².